The maximum Gasteiger partial charge on any atom is 0.204 e. The standard InChI is InChI=1S/C25H26N8O/c1-34-19-12-10-18(11-13-19)33-25(20-8-5-9-22-21(20)14-26-28-22)27-24(30-33)23-16-32(31-29-23)15-17-6-3-2-4-7-17/h5,8-14,16-17H,2-4,6-7,15H2,1H3,(H,26,28). The molecule has 0 unspecified atom stereocenters. The number of rotatable bonds is 6. The summed E-state index contributed by atoms with van der Waals surface area (Å²) in [5.74, 6) is 2.71. The molecule has 1 N–H and O–H groups in total. The third kappa shape index (κ3) is 3.83. The van der Waals surface area contributed by atoms with Gasteiger partial charge in [0.05, 0.1) is 30.7 Å². The molecule has 1 aliphatic rings. The molecule has 9 nitrogen and oxygen atoms in total. The lowest BCUT2D eigenvalue weighted by atomic mass is 9.89. The van der Waals surface area contributed by atoms with Crippen molar-refractivity contribution in [2.24, 2.45) is 5.92 Å². The van der Waals surface area contributed by atoms with Gasteiger partial charge in [-0.05, 0) is 49.1 Å². The second-order valence-electron chi connectivity index (χ2n) is 8.84. The Bertz CT molecular complexity index is 1410. The predicted octanol–water partition coefficient (Wildman–Crippen LogP) is 4.66. The fourth-order valence-corrected chi connectivity index (χ4v) is 4.79. The Kier molecular flexibility index (Phi) is 5.29. The molecule has 34 heavy (non-hydrogen) atoms. The van der Waals surface area contributed by atoms with E-state index in [4.69, 9.17) is 14.8 Å². The lowest BCUT2D eigenvalue weighted by molar-refractivity contribution is 0.305. The summed E-state index contributed by atoms with van der Waals surface area (Å²) in [5, 5.41) is 21.9. The Balaban J connectivity index is 1.41. The molecule has 1 aliphatic carbocycles. The quantitative estimate of drug-likeness (QED) is 0.401. The Labute approximate surface area is 196 Å². The zero-order chi connectivity index (χ0) is 22.9. The van der Waals surface area contributed by atoms with Gasteiger partial charge < -0.3 is 4.74 Å². The van der Waals surface area contributed by atoms with Gasteiger partial charge in [-0.15, -0.1) is 10.2 Å². The highest BCUT2D eigenvalue weighted by atomic mass is 16.5. The number of methoxy groups -OCH3 is 1. The van der Waals surface area contributed by atoms with Crippen molar-refractivity contribution in [3.05, 3.63) is 54.9 Å². The van der Waals surface area contributed by atoms with E-state index in [9.17, 15) is 0 Å². The minimum atomic E-state index is 0.543. The van der Waals surface area contributed by atoms with Gasteiger partial charge >= 0.3 is 0 Å². The van der Waals surface area contributed by atoms with Crippen molar-refractivity contribution in [3.8, 4) is 34.3 Å². The maximum atomic E-state index is 5.33. The SMILES string of the molecule is COc1ccc(-n2nc(-c3cn(CC4CCCCC4)nn3)nc2-c2cccc3[nH]ncc23)cc1. The van der Waals surface area contributed by atoms with Crippen LogP contribution in [-0.2, 0) is 6.54 Å². The molecule has 2 aromatic carbocycles. The highest BCUT2D eigenvalue weighted by molar-refractivity contribution is 5.93. The van der Waals surface area contributed by atoms with E-state index < -0.39 is 0 Å². The highest BCUT2D eigenvalue weighted by Crippen LogP contribution is 2.30. The van der Waals surface area contributed by atoms with Crippen LogP contribution in [0.1, 0.15) is 32.1 Å². The average Bonchev–Trinajstić information content (AvgIpc) is 3.64. The first-order chi connectivity index (χ1) is 16.8. The molecular weight excluding hydrogens is 428 g/mol. The Morgan fingerprint density at radius 3 is 2.74 bits per heavy atom. The van der Waals surface area contributed by atoms with Gasteiger partial charge in [0.1, 0.15) is 5.75 Å². The zero-order valence-corrected chi connectivity index (χ0v) is 19.1. The number of H-pyrrole nitrogens is 1. The van der Waals surface area contributed by atoms with E-state index in [-0.39, 0.29) is 0 Å². The minimum Gasteiger partial charge on any atom is -0.497 e. The van der Waals surface area contributed by atoms with Crippen molar-refractivity contribution in [3.63, 3.8) is 0 Å². The van der Waals surface area contributed by atoms with Crippen molar-refractivity contribution >= 4 is 10.9 Å². The van der Waals surface area contributed by atoms with Gasteiger partial charge in [-0.3, -0.25) is 9.78 Å². The topological polar surface area (TPSA) is 99.3 Å². The third-order valence-corrected chi connectivity index (χ3v) is 6.59. The van der Waals surface area contributed by atoms with E-state index in [1.165, 1.54) is 32.1 Å². The van der Waals surface area contributed by atoms with Crippen LogP contribution in [0.15, 0.2) is 54.9 Å². The number of nitrogens with zero attached hydrogens (tertiary/aromatic N) is 7. The maximum absolute atomic E-state index is 5.33. The molecule has 172 valence electrons. The first-order valence-electron chi connectivity index (χ1n) is 11.7. The summed E-state index contributed by atoms with van der Waals surface area (Å²) in [7, 11) is 1.66. The van der Waals surface area contributed by atoms with Crippen molar-refractivity contribution in [2.45, 2.75) is 38.6 Å². The lowest BCUT2D eigenvalue weighted by Gasteiger charge is -2.20. The van der Waals surface area contributed by atoms with Gasteiger partial charge in [-0.25, -0.2) is 9.67 Å². The van der Waals surface area contributed by atoms with Crippen molar-refractivity contribution in [1.29, 1.82) is 0 Å². The molecule has 0 spiro atoms. The fourth-order valence-electron chi connectivity index (χ4n) is 4.79. The normalized spacial score (nSPS) is 14.6. The van der Waals surface area contributed by atoms with E-state index in [1.54, 1.807) is 7.11 Å². The van der Waals surface area contributed by atoms with Gasteiger partial charge in [0.2, 0.25) is 5.82 Å². The first-order valence-corrected chi connectivity index (χ1v) is 11.7. The van der Waals surface area contributed by atoms with Gasteiger partial charge in [0, 0.05) is 17.5 Å². The van der Waals surface area contributed by atoms with Crippen molar-refractivity contribution in [1.82, 2.24) is 40.0 Å². The second kappa shape index (κ2) is 8.74. The molecule has 9 heteroatoms. The van der Waals surface area contributed by atoms with Gasteiger partial charge in [-0.1, -0.05) is 36.6 Å². The molecule has 5 aromatic rings. The van der Waals surface area contributed by atoms with Crippen molar-refractivity contribution in [2.75, 3.05) is 7.11 Å². The highest BCUT2D eigenvalue weighted by Gasteiger charge is 2.20. The molecule has 0 atom stereocenters. The zero-order valence-electron chi connectivity index (χ0n) is 19.1. The van der Waals surface area contributed by atoms with E-state index >= 15 is 0 Å². The number of hydrogen-bond acceptors (Lipinski definition) is 6. The van der Waals surface area contributed by atoms with Crippen LogP contribution in [-0.4, -0.2) is 47.1 Å². The van der Waals surface area contributed by atoms with Crippen LogP contribution in [0.4, 0.5) is 0 Å². The van der Waals surface area contributed by atoms with Crippen LogP contribution < -0.4 is 4.74 Å². The first kappa shape index (κ1) is 20.6. The van der Waals surface area contributed by atoms with E-state index in [0.29, 0.717) is 23.3 Å². The number of ether oxygens (including phenoxy) is 1. The third-order valence-electron chi connectivity index (χ3n) is 6.59. The van der Waals surface area contributed by atoms with Crippen LogP contribution in [0.5, 0.6) is 5.75 Å². The van der Waals surface area contributed by atoms with E-state index in [1.807, 2.05) is 64.2 Å². The Hall–Kier alpha value is -4.01. The van der Waals surface area contributed by atoms with E-state index in [0.717, 1.165) is 34.4 Å². The molecule has 3 heterocycles. The van der Waals surface area contributed by atoms with Crippen LogP contribution in [0.2, 0.25) is 0 Å². The summed E-state index contributed by atoms with van der Waals surface area (Å²) >= 11 is 0. The summed E-state index contributed by atoms with van der Waals surface area (Å²) in [5.41, 5.74) is 3.44. The van der Waals surface area contributed by atoms with Crippen LogP contribution in [0.25, 0.3) is 39.5 Å². The van der Waals surface area contributed by atoms with Crippen LogP contribution >= 0.6 is 0 Å². The Morgan fingerprint density at radius 2 is 1.91 bits per heavy atom. The number of benzene rings is 2. The largest absolute Gasteiger partial charge is 0.497 e. The monoisotopic (exact) mass is 454 g/mol. The minimum absolute atomic E-state index is 0.543. The number of nitrogens with one attached hydrogen (secondary N) is 1. The summed E-state index contributed by atoms with van der Waals surface area (Å²) in [6.45, 7) is 0.896. The molecule has 6 rings (SSSR count). The molecule has 1 fully saturated rings. The lowest BCUT2D eigenvalue weighted by Crippen LogP contribution is -2.14. The number of hydrogen-bond donors (Lipinski definition) is 1. The van der Waals surface area contributed by atoms with E-state index in [2.05, 4.69) is 20.5 Å². The molecule has 0 saturated heterocycles. The molecule has 0 aliphatic heterocycles. The molecule has 1 saturated carbocycles. The van der Waals surface area contributed by atoms with Gasteiger partial charge in [0.15, 0.2) is 11.5 Å². The molecule has 0 bridgehead atoms. The van der Waals surface area contributed by atoms with Crippen LogP contribution in [0.3, 0.4) is 0 Å². The number of aromatic nitrogens is 8. The predicted molar refractivity (Wildman–Crippen MR) is 129 cm³/mol. The molecule has 3 aromatic heterocycles. The summed E-state index contributed by atoms with van der Waals surface area (Å²) in [4.78, 5) is 4.92. The average molecular weight is 455 g/mol. The fraction of sp³-hybridized carbons (Fsp3) is 0.320. The smallest absolute Gasteiger partial charge is 0.204 e. The second-order valence-corrected chi connectivity index (χ2v) is 8.84. The molecule has 0 radical (unpaired) electrons. The summed E-state index contributed by atoms with van der Waals surface area (Å²) < 4.78 is 9.11. The molecule has 0 amide bonds. The molecular formula is C25H26N8O. The number of fused-ring (bicyclic) bond motifs is 1. The van der Waals surface area contributed by atoms with Gasteiger partial charge in [-0.2, -0.15) is 5.10 Å². The summed E-state index contributed by atoms with van der Waals surface area (Å²) in [6.07, 6.45) is 10.3. The number of aromatic amines is 1. The Morgan fingerprint density at radius 1 is 1.06 bits per heavy atom. The summed E-state index contributed by atoms with van der Waals surface area (Å²) in [6, 6.07) is 13.8. The van der Waals surface area contributed by atoms with Crippen molar-refractivity contribution < 1.29 is 4.74 Å². The van der Waals surface area contributed by atoms with Crippen LogP contribution in [0, 0.1) is 5.92 Å². The van der Waals surface area contributed by atoms with Gasteiger partial charge in [0.25, 0.3) is 0 Å².